The normalized spacial score (nSPS) is 21.4. The Kier molecular flexibility index (Phi) is 2.66. The summed E-state index contributed by atoms with van der Waals surface area (Å²) in [5.41, 5.74) is 1.85. The Morgan fingerprint density at radius 3 is 2.93 bits per heavy atom. The topological polar surface area (TPSA) is 32.3 Å². The van der Waals surface area contributed by atoms with Crippen molar-refractivity contribution in [2.45, 2.75) is 19.3 Å². The number of nitrogens with one attached hydrogen (secondary N) is 1. The number of hydrogen-bond donors (Lipinski definition) is 2. The van der Waals surface area contributed by atoms with E-state index in [1.165, 1.54) is 0 Å². The van der Waals surface area contributed by atoms with Crippen LogP contribution in [0.2, 0.25) is 5.02 Å². The van der Waals surface area contributed by atoms with Gasteiger partial charge in [0.15, 0.2) is 0 Å². The van der Waals surface area contributed by atoms with Crippen LogP contribution in [0.15, 0.2) is 12.1 Å². The van der Waals surface area contributed by atoms with E-state index in [1.54, 1.807) is 6.07 Å². The molecule has 2 N–H and O–H groups in total. The fraction of sp³-hybridized carbons (Fsp3) is 0.455. The Morgan fingerprint density at radius 2 is 2.29 bits per heavy atom. The fourth-order valence-electron chi connectivity index (χ4n) is 1.99. The van der Waals surface area contributed by atoms with Gasteiger partial charge in [0.25, 0.3) is 0 Å². The van der Waals surface area contributed by atoms with E-state index in [0.717, 1.165) is 30.6 Å². The molecule has 3 heteroatoms. The van der Waals surface area contributed by atoms with Gasteiger partial charge in [0, 0.05) is 23.0 Å². The molecular formula is C11H14ClNO. The summed E-state index contributed by atoms with van der Waals surface area (Å²) in [5, 5.41) is 13.9. The van der Waals surface area contributed by atoms with Crippen molar-refractivity contribution in [1.29, 1.82) is 0 Å². The van der Waals surface area contributed by atoms with Gasteiger partial charge in [-0.2, -0.15) is 0 Å². The van der Waals surface area contributed by atoms with Gasteiger partial charge < -0.3 is 10.4 Å². The first kappa shape index (κ1) is 9.81. The molecule has 1 aliphatic heterocycles. The molecule has 76 valence electrons. The second kappa shape index (κ2) is 3.79. The largest absolute Gasteiger partial charge is 0.507 e. The Labute approximate surface area is 88.9 Å². The van der Waals surface area contributed by atoms with Gasteiger partial charge in [-0.3, -0.25) is 0 Å². The minimum atomic E-state index is 0.406. The van der Waals surface area contributed by atoms with Gasteiger partial charge in [0.2, 0.25) is 0 Å². The highest BCUT2D eigenvalue weighted by molar-refractivity contribution is 6.30. The summed E-state index contributed by atoms with van der Waals surface area (Å²) in [5.74, 6) is 0.815. The van der Waals surface area contributed by atoms with Crippen LogP contribution in [-0.2, 0) is 0 Å². The quantitative estimate of drug-likeness (QED) is 0.748. The summed E-state index contributed by atoms with van der Waals surface area (Å²) in [6.07, 6.45) is 1.08. The van der Waals surface area contributed by atoms with Crippen LogP contribution in [0, 0.1) is 6.92 Å². The lowest BCUT2D eigenvalue weighted by Crippen LogP contribution is -2.08. The van der Waals surface area contributed by atoms with Crippen molar-refractivity contribution in [2.24, 2.45) is 0 Å². The number of rotatable bonds is 1. The van der Waals surface area contributed by atoms with E-state index < -0.39 is 0 Å². The zero-order valence-corrected chi connectivity index (χ0v) is 8.93. The van der Waals surface area contributed by atoms with Crippen LogP contribution >= 0.6 is 11.6 Å². The van der Waals surface area contributed by atoms with Crippen molar-refractivity contribution in [3.05, 3.63) is 28.3 Å². The molecule has 1 fully saturated rings. The number of aryl methyl sites for hydroxylation is 1. The summed E-state index contributed by atoms with van der Waals surface area (Å²) in [6, 6.07) is 3.67. The van der Waals surface area contributed by atoms with Crippen LogP contribution in [-0.4, -0.2) is 18.2 Å². The minimum absolute atomic E-state index is 0.406. The fourth-order valence-corrected chi connectivity index (χ4v) is 2.27. The third-order valence-electron chi connectivity index (χ3n) is 2.79. The van der Waals surface area contributed by atoms with E-state index >= 15 is 0 Å². The number of phenolic OH excluding ortho intramolecular Hbond substituents is 1. The van der Waals surface area contributed by atoms with E-state index in [1.807, 2.05) is 13.0 Å². The maximum atomic E-state index is 9.90. The van der Waals surface area contributed by atoms with Gasteiger partial charge in [0.1, 0.15) is 5.75 Å². The average Bonchev–Trinajstić information content (AvgIpc) is 2.63. The lowest BCUT2D eigenvalue weighted by atomic mass is 9.95. The van der Waals surface area contributed by atoms with Crippen LogP contribution in [0.1, 0.15) is 23.5 Å². The van der Waals surface area contributed by atoms with Gasteiger partial charge >= 0.3 is 0 Å². The molecule has 1 unspecified atom stereocenters. The van der Waals surface area contributed by atoms with Crippen molar-refractivity contribution in [1.82, 2.24) is 5.32 Å². The number of hydrogen-bond acceptors (Lipinski definition) is 2. The number of phenols is 1. The molecule has 1 aromatic rings. The van der Waals surface area contributed by atoms with Gasteiger partial charge in [-0.15, -0.1) is 0 Å². The maximum Gasteiger partial charge on any atom is 0.122 e. The summed E-state index contributed by atoms with van der Waals surface area (Å²) < 4.78 is 0. The molecule has 1 saturated heterocycles. The first-order chi connectivity index (χ1) is 6.68. The molecule has 2 nitrogen and oxygen atoms in total. The van der Waals surface area contributed by atoms with E-state index in [-0.39, 0.29) is 0 Å². The molecule has 1 aromatic carbocycles. The smallest absolute Gasteiger partial charge is 0.122 e. The molecule has 1 heterocycles. The van der Waals surface area contributed by atoms with Crippen molar-refractivity contribution in [2.75, 3.05) is 13.1 Å². The van der Waals surface area contributed by atoms with Crippen molar-refractivity contribution >= 4 is 11.6 Å². The van der Waals surface area contributed by atoms with E-state index in [0.29, 0.717) is 16.7 Å². The maximum absolute atomic E-state index is 9.90. The zero-order valence-electron chi connectivity index (χ0n) is 8.18. The van der Waals surface area contributed by atoms with Crippen molar-refractivity contribution in [3.8, 4) is 5.75 Å². The summed E-state index contributed by atoms with van der Waals surface area (Å²) >= 11 is 5.97. The molecule has 1 aliphatic rings. The van der Waals surface area contributed by atoms with E-state index in [4.69, 9.17) is 11.6 Å². The Balaban J connectivity index is 2.40. The highest BCUT2D eigenvalue weighted by atomic mass is 35.5. The second-order valence-electron chi connectivity index (χ2n) is 3.85. The summed E-state index contributed by atoms with van der Waals surface area (Å²) in [4.78, 5) is 0. The highest BCUT2D eigenvalue weighted by Gasteiger charge is 2.20. The van der Waals surface area contributed by atoms with Gasteiger partial charge in [-0.1, -0.05) is 11.6 Å². The second-order valence-corrected chi connectivity index (χ2v) is 4.29. The molecule has 1 atom stereocenters. The lowest BCUT2D eigenvalue weighted by molar-refractivity contribution is 0.458. The van der Waals surface area contributed by atoms with Gasteiger partial charge in [-0.05, 0) is 37.6 Å². The first-order valence-corrected chi connectivity index (χ1v) is 5.26. The summed E-state index contributed by atoms with van der Waals surface area (Å²) in [6.45, 7) is 3.84. The minimum Gasteiger partial charge on any atom is -0.507 e. The van der Waals surface area contributed by atoms with Crippen LogP contribution in [0.4, 0.5) is 0 Å². The molecule has 0 aliphatic carbocycles. The van der Waals surface area contributed by atoms with Crippen molar-refractivity contribution < 1.29 is 5.11 Å². The molecule has 14 heavy (non-hydrogen) atoms. The highest BCUT2D eigenvalue weighted by Crippen LogP contribution is 2.34. The predicted molar refractivity (Wildman–Crippen MR) is 58.1 cm³/mol. The Bertz CT molecular complexity index is 345. The Morgan fingerprint density at radius 1 is 1.50 bits per heavy atom. The summed E-state index contributed by atoms with van der Waals surface area (Å²) in [7, 11) is 0. The molecule has 0 amide bonds. The molecule has 0 bridgehead atoms. The van der Waals surface area contributed by atoms with Crippen LogP contribution < -0.4 is 5.32 Å². The first-order valence-electron chi connectivity index (χ1n) is 4.88. The van der Waals surface area contributed by atoms with Crippen LogP contribution in [0.3, 0.4) is 0 Å². The third-order valence-corrected chi connectivity index (χ3v) is 3.01. The SMILES string of the molecule is Cc1cc(Cl)cc(C2CCNC2)c1O. The molecule has 0 radical (unpaired) electrons. The predicted octanol–water partition coefficient (Wildman–Crippen LogP) is 2.43. The van der Waals surface area contributed by atoms with Crippen molar-refractivity contribution in [3.63, 3.8) is 0 Å². The number of aromatic hydroxyl groups is 1. The van der Waals surface area contributed by atoms with E-state index in [9.17, 15) is 5.11 Å². The lowest BCUT2D eigenvalue weighted by Gasteiger charge is -2.13. The average molecular weight is 212 g/mol. The molecule has 0 spiro atoms. The standard InChI is InChI=1S/C11H14ClNO/c1-7-4-9(12)5-10(11(7)14)8-2-3-13-6-8/h4-5,8,13-14H,2-3,6H2,1H3. The monoisotopic (exact) mass is 211 g/mol. The molecule has 2 rings (SSSR count). The van der Waals surface area contributed by atoms with E-state index in [2.05, 4.69) is 5.32 Å². The number of halogens is 1. The van der Waals surface area contributed by atoms with Crippen LogP contribution in [0.5, 0.6) is 5.75 Å². The zero-order chi connectivity index (χ0) is 10.1. The third kappa shape index (κ3) is 1.72. The molecule has 0 aromatic heterocycles. The molecule has 0 saturated carbocycles. The van der Waals surface area contributed by atoms with Gasteiger partial charge in [0.05, 0.1) is 0 Å². The van der Waals surface area contributed by atoms with Gasteiger partial charge in [-0.25, -0.2) is 0 Å². The molecular weight excluding hydrogens is 198 g/mol. The van der Waals surface area contributed by atoms with Crippen LogP contribution in [0.25, 0.3) is 0 Å². The number of benzene rings is 1. The Hall–Kier alpha value is -0.730.